The molecule has 3 saturated heterocycles. The maximum atomic E-state index is 14.0. The molecule has 15 atom stereocenters. The predicted molar refractivity (Wildman–Crippen MR) is 171 cm³/mol. The van der Waals surface area contributed by atoms with Crippen molar-refractivity contribution in [3.8, 4) is 34.3 Å². The number of hydrogen-bond acceptors (Lipinski definition) is 20. The van der Waals surface area contributed by atoms with Crippen molar-refractivity contribution >= 4 is 11.0 Å². The van der Waals surface area contributed by atoms with E-state index >= 15 is 0 Å². The molecule has 53 heavy (non-hydrogen) atoms. The lowest BCUT2D eigenvalue weighted by Crippen LogP contribution is -2.67. The van der Waals surface area contributed by atoms with E-state index in [-0.39, 0.29) is 22.7 Å². The van der Waals surface area contributed by atoms with E-state index in [1.54, 1.807) is 0 Å². The van der Waals surface area contributed by atoms with Gasteiger partial charge in [0.25, 0.3) is 0 Å². The van der Waals surface area contributed by atoms with Gasteiger partial charge in [0.15, 0.2) is 24.4 Å². The number of rotatable bonds is 9. The standard InChI is InChI=1S/C33H40O20/c1-10-19(39)22(42)24(44)31(47-10)53-30-26(46)28(51-32-25(45)23(43)20(40)16(8-34)49-32)17(9-35)50-33(30)52-29-21(41)18-14(38)6-13(37)7-15(18)48-27(29)11-2-4-12(36)5-3-11/h2-7,10,16-17,19-20,22-26,28,30-40,42-46H,8-9H2,1H3/t10?,16?,17?,19-,20+,22?,23-,24-,25?,26-,28+,30?,31-,32-,33-/m0/s1. The smallest absolute Gasteiger partial charge is 0.239 e. The second-order valence-electron chi connectivity index (χ2n) is 12.9. The molecule has 0 radical (unpaired) electrons. The SMILES string of the molecule is CC1O[C@@H](OC2[C@H](Oc3c(-c4ccc(O)cc4)oc4cc(O)cc(O)c4c3=O)OC(CO)[C@@H](O[C@@H]3OC(CO)[C@@H](O)[C@H](O)C3O)[C@@H]2O)[C@@H](O)C(O)[C@H]1O. The Bertz CT molecular complexity index is 1780. The Hall–Kier alpha value is -3.71. The van der Waals surface area contributed by atoms with E-state index in [4.69, 9.17) is 32.8 Å². The molecule has 0 bridgehead atoms. The van der Waals surface area contributed by atoms with Crippen LogP contribution < -0.4 is 10.2 Å². The second-order valence-corrected chi connectivity index (χ2v) is 12.9. The summed E-state index contributed by atoms with van der Waals surface area (Å²) in [6, 6.07) is 7.08. The normalized spacial score (nSPS) is 37.8. The van der Waals surface area contributed by atoms with Crippen LogP contribution in [0.4, 0.5) is 0 Å². The van der Waals surface area contributed by atoms with Gasteiger partial charge in [-0.25, -0.2) is 0 Å². The quantitative estimate of drug-likeness (QED) is 0.100. The summed E-state index contributed by atoms with van der Waals surface area (Å²) in [6.07, 6.45) is -26.6. The number of hydrogen-bond donors (Lipinski definition) is 12. The molecule has 3 fully saturated rings. The van der Waals surface area contributed by atoms with E-state index in [0.29, 0.717) is 0 Å². The molecule has 2 aromatic carbocycles. The number of ether oxygens (including phenoxy) is 6. The van der Waals surface area contributed by atoms with E-state index in [0.717, 1.165) is 12.1 Å². The molecule has 20 nitrogen and oxygen atoms in total. The van der Waals surface area contributed by atoms with Gasteiger partial charge in [-0.05, 0) is 31.2 Å². The molecule has 4 heterocycles. The highest BCUT2D eigenvalue weighted by atomic mass is 16.8. The van der Waals surface area contributed by atoms with Crippen LogP contribution in [-0.2, 0) is 23.7 Å². The van der Waals surface area contributed by atoms with Gasteiger partial charge < -0.3 is 94.1 Å². The summed E-state index contributed by atoms with van der Waals surface area (Å²) in [5.41, 5.74) is -1.21. The molecule has 20 heteroatoms. The first kappa shape index (κ1) is 39.0. The first-order chi connectivity index (χ1) is 25.1. The van der Waals surface area contributed by atoms with Crippen molar-refractivity contribution < 1.29 is 94.1 Å². The third-order valence-corrected chi connectivity index (χ3v) is 9.32. The van der Waals surface area contributed by atoms with Crippen molar-refractivity contribution in [2.75, 3.05) is 13.2 Å². The van der Waals surface area contributed by atoms with Crippen LogP contribution in [0.15, 0.2) is 45.6 Å². The van der Waals surface area contributed by atoms with Crippen LogP contribution in [0.2, 0.25) is 0 Å². The summed E-state index contributed by atoms with van der Waals surface area (Å²) in [5, 5.41) is 124. The van der Waals surface area contributed by atoms with Crippen molar-refractivity contribution in [2.24, 2.45) is 0 Å². The van der Waals surface area contributed by atoms with Gasteiger partial charge in [-0.2, -0.15) is 0 Å². The Labute approximate surface area is 298 Å². The van der Waals surface area contributed by atoms with Crippen molar-refractivity contribution in [3.63, 3.8) is 0 Å². The third-order valence-electron chi connectivity index (χ3n) is 9.32. The van der Waals surface area contributed by atoms with Crippen LogP contribution in [0.25, 0.3) is 22.3 Å². The number of fused-ring (bicyclic) bond motifs is 1. The Morgan fingerprint density at radius 3 is 1.87 bits per heavy atom. The van der Waals surface area contributed by atoms with Gasteiger partial charge >= 0.3 is 0 Å². The zero-order valence-corrected chi connectivity index (χ0v) is 27.7. The zero-order chi connectivity index (χ0) is 38.5. The Morgan fingerprint density at radius 1 is 0.642 bits per heavy atom. The Morgan fingerprint density at radius 2 is 1.23 bits per heavy atom. The molecule has 3 aliphatic heterocycles. The fourth-order valence-electron chi connectivity index (χ4n) is 6.36. The lowest BCUT2D eigenvalue weighted by molar-refractivity contribution is -0.378. The zero-order valence-electron chi connectivity index (χ0n) is 27.7. The summed E-state index contributed by atoms with van der Waals surface area (Å²) < 4.78 is 40.5. The lowest BCUT2D eigenvalue weighted by atomic mass is 9.96. The fourth-order valence-corrected chi connectivity index (χ4v) is 6.36. The fraction of sp³-hybridized carbons (Fsp3) is 0.545. The van der Waals surface area contributed by atoms with E-state index in [9.17, 15) is 66.1 Å². The van der Waals surface area contributed by atoms with Crippen LogP contribution in [0, 0.1) is 0 Å². The number of aliphatic hydroxyl groups is 9. The Balaban J connectivity index is 1.42. The van der Waals surface area contributed by atoms with E-state index in [1.165, 1.54) is 31.2 Å². The van der Waals surface area contributed by atoms with Gasteiger partial charge in [0.1, 0.15) is 89.3 Å². The van der Waals surface area contributed by atoms with Gasteiger partial charge in [-0.1, -0.05) is 0 Å². The minimum Gasteiger partial charge on any atom is -0.508 e. The molecule has 0 amide bonds. The van der Waals surface area contributed by atoms with E-state index < -0.39 is 133 Å². The first-order valence-corrected chi connectivity index (χ1v) is 16.4. The molecular weight excluding hydrogens is 716 g/mol. The Kier molecular flexibility index (Phi) is 11.5. The minimum absolute atomic E-state index is 0.118. The molecule has 292 valence electrons. The lowest BCUT2D eigenvalue weighted by Gasteiger charge is -2.48. The maximum absolute atomic E-state index is 14.0. The molecular formula is C33H40O20. The first-order valence-electron chi connectivity index (χ1n) is 16.4. The summed E-state index contributed by atoms with van der Waals surface area (Å²) in [6.45, 7) is -0.428. The molecule has 3 aromatic rings. The van der Waals surface area contributed by atoms with Crippen molar-refractivity contribution in [2.45, 2.75) is 99.0 Å². The highest BCUT2D eigenvalue weighted by Gasteiger charge is 2.54. The largest absolute Gasteiger partial charge is 0.508 e. The number of phenolic OH excluding ortho intramolecular Hbond substituents is 3. The topological polar surface area (TPSA) is 328 Å². The average Bonchev–Trinajstić information content (AvgIpc) is 3.12. The van der Waals surface area contributed by atoms with Gasteiger partial charge in [0, 0.05) is 17.7 Å². The molecule has 6 unspecified atom stereocenters. The van der Waals surface area contributed by atoms with Crippen LogP contribution >= 0.6 is 0 Å². The molecule has 12 N–H and O–H groups in total. The number of phenols is 3. The number of benzene rings is 2. The highest BCUT2D eigenvalue weighted by molar-refractivity contribution is 5.88. The monoisotopic (exact) mass is 756 g/mol. The molecule has 3 aliphatic rings. The van der Waals surface area contributed by atoms with Crippen LogP contribution in [0.3, 0.4) is 0 Å². The van der Waals surface area contributed by atoms with Crippen LogP contribution in [0.5, 0.6) is 23.0 Å². The summed E-state index contributed by atoms with van der Waals surface area (Å²) in [4.78, 5) is 14.0. The van der Waals surface area contributed by atoms with Gasteiger partial charge in [-0.15, -0.1) is 0 Å². The molecule has 0 aliphatic carbocycles. The highest BCUT2D eigenvalue weighted by Crippen LogP contribution is 2.39. The predicted octanol–water partition coefficient (Wildman–Crippen LogP) is -3.57. The molecule has 0 saturated carbocycles. The molecule has 0 spiro atoms. The van der Waals surface area contributed by atoms with E-state index in [1.807, 2.05) is 0 Å². The van der Waals surface area contributed by atoms with E-state index in [2.05, 4.69) is 0 Å². The van der Waals surface area contributed by atoms with Gasteiger partial charge in [0.05, 0.1) is 19.3 Å². The maximum Gasteiger partial charge on any atom is 0.239 e. The van der Waals surface area contributed by atoms with Gasteiger partial charge in [0.2, 0.25) is 17.5 Å². The second kappa shape index (κ2) is 15.6. The molecule has 6 rings (SSSR count). The number of aromatic hydroxyl groups is 3. The number of aliphatic hydroxyl groups excluding tert-OH is 9. The summed E-state index contributed by atoms with van der Waals surface area (Å²) in [5.74, 6) is -2.36. The summed E-state index contributed by atoms with van der Waals surface area (Å²) in [7, 11) is 0. The van der Waals surface area contributed by atoms with Crippen molar-refractivity contribution in [1.29, 1.82) is 0 Å². The van der Waals surface area contributed by atoms with Crippen LogP contribution in [-0.4, -0.2) is 167 Å². The minimum atomic E-state index is -2.05. The average molecular weight is 757 g/mol. The van der Waals surface area contributed by atoms with Crippen molar-refractivity contribution in [1.82, 2.24) is 0 Å². The molecule has 1 aromatic heterocycles. The third kappa shape index (κ3) is 7.39. The van der Waals surface area contributed by atoms with Crippen molar-refractivity contribution in [3.05, 3.63) is 46.6 Å². The van der Waals surface area contributed by atoms with Gasteiger partial charge in [-0.3, -0.25) is 4.79 Å². The van der Waals surface area contributed by atoms with Crippen LogP contribution in [0.1, 0.15) is 6.92 Å². The summed E-state index contributed by atoms with van der Waals surface area (Å²) >= 11 is 0.